The Balaban J connectivity index is 1.15. The summed E-state index contributed by atoms with van der Waals surface area (Å²) in [6.07, 6.45) is 2.94. The highest BCUT2D eigenvalue weighted by molar-refractivity contribution is 6.33. The van der Waals surface area contributed by atoms with Crippen LogP contribution in [0.15, 0.2) is 40.8 Å². The van der Waals surface area contributed by atoms with Gasteiger partial charge in [-0.05, 0) is 37.1 Å². The van der Waals surface area contributed by atoms with Crippen molar-refractivity contribution in [1.82, 2.24) is 25.0 Å². The van der Waals surface area contributed by atoms with Crippen molar-refractivity contribution in [3.63, 3.8) is 0 Å². The predicted octanol–water partition coefficient (Wildman–Crippen LogP) is 3.09. The molecular formula is C24H28ClN5O3. The molecule has 0 radical (unpaired) electrons. The summed E-state index contributed by atoms with van der Waals surface area (Å²) in [5.74, 6) is 3.59. The van der Waals surface area contributed by atoms with Crippen LogP contribution < -0.4 is 5.32 Å². The van der Waals surface area contributed by atoms with Gasteiger partial charge in [0.05, 0.1) is 11.6 Å². The number of nitrogens with zero attached hydrogens (tertiary/aromatic N) is 4. The van der Waals surface area contributed by atoms with Crippen LogP contribution in [0.3, 0.4) is 0 Å². The van der Waals surface area contributed by atoms with Gasteiger partial charge in [0.1, 0.15) is 29.3 Å². The summed E-state index contributed by atoms with van der Waals surface area (Å²) >= 11 is 6.31. The standard InChI is InChI=1S/C24H28ClN5O3/c25-19-5-2-1-4-18(19)20-8-7-17(33-20)16-29-12-10-23-28-27-22(30(23)14-13-29)9-11-26-24(31)21-6-3-15-32-21/h1-2,4-5,7-8,21H,3,6,9-16H2,(H,26,31). The van der Waals surface area contributed by atoms with Gasteiger partial charge in [-0.3, -0.25) is 9.69 Å². The second kappa shape index (κ2) is 10.1. The Kier molecular flexibility index (Phi) is 6.75. The first-order valence-corrected chi connectivity index (χ1v) is 11.9. The van der Waals surface area contributed by atoms with E-state index in [0.717, 1.165) is 74.2 Å². The van der Waals surface area contributed by atoms with E-state index in [0.29, 0.717) is 24.6 Å². The zero-order valence-electron chi connectivity index (χ0n) is 18.5. The van der Waals surface area contributed by atoms with Crippen molar-refractivity contribution >= 4 is 17.5 Å². The Morgan fingerprint density at radius 2 is 2.06 bits per heavy atom. The molecule has 1 saturated heterocycles. The smallest absolute Gasteiger partial charge is 0.249 e. The second-order valence-electron chi connectivity index (χ2n) is 8.50. The van der Waals surface area contributed by atoms with Gasteiger partial charge in [-0.25, -0.2) is 0 Å². The molecule has 2 aliphatic heterocycles. The van der Waals surface area contributed by atoms with Gasteiger partial charge in [0.15, 0.2) is 0 Å². The summed E-state index contributed by atoms with van der Waals surface area (Å²) in [4.78, 5) is 14.5. The van der Waals surface area contributed by atoms with Gasteiger partial charge in [0, 0.05) is 51.2 Å². The number of hydrogen-bond acceptors (Lipinski definition) is 6. The van der Waals surface area contributed by atoms with Crippen LogP contribution in [0.2, 0.25) is 5.02 Å². The van der Waals surface area contributed by atoms with E-state index in [9.17, 15) is 4.79 Å². The summed E-state index contributed by atoms with van der Waals surface area (Å²) in [6.45, 7) is 4.52. The fraction of sp³-hybridized carbons (Fsp3) is 0.458. The van der Waals surface area contributed by atoms with Crippen molar-refractivity contribution in [2.24, 2.45) is 0 Å². The number of rotatable bonds is 7. The van der Waals surface area contributed by atoms with Crippen molar-refractivity contribution < 1.29 is 13.9 Å². The molecule has 1 amide bonds. The zero-order chi connectivity index (χ0) is 22.6. The normalized spacial score (nSPS) is 18.8. The maximum Gasteiger partial charge on any atom is 0.249 e. The van der Waals surface area contributed by atoms with Gasteiger partial charge in [-0.1, -0.05) is 23.7 Å². The van der Waals surface area contributed by atoms with E-state index < -0.39 is 0 Å². The van der Waals surface area contributed by atoms with Crippen molar-refractivity contribution in [3.05, 3.63) is 58.8 Å². The van der Waals surface area contributed by atoms with Crippen molar-refractivity contribution in [2.75, 3.05) is 26.2 Å². The Morgan fingerprint density at radius 1 is 1.15 bits per heavy atom. The number of hydrogen-bond donors (Lipinski definition) is 1. The molecule has 2 aromatic heterocycles. The van der Waals surface area contributed by atoms with Crippen LogP contribution in [-0.4, -0.2) is 57.9 Å². The van der Waals surface area contributed by atoms with Crippen LogP contribution in [0.25, 0.3) is 11.3 Å². The van der Waals surface area contributed by atoms with Gasteiger partial charge in [0.25, 0.3) is 0 Å². The molecule has 5 rings (SSSR count). The van der Waals surface area contributed by atoms with Gasteiger partial charge in [-0.2, -0.15) is 0 Å². The monoisotopic (exact) mass is 469 g/mol. The Hall–Kier alpha value is -2.68. The first-order chi connectivity index (χ1) is 16.2. The molecule has 0 bridgehead atoms. The zero-order valence-corrected chi connectivity index (χ0v) is 19.3. The maximum atomic E-state index is 12.1. The topological polar surface area (TPSA) is 85.4 Å². The van der Waals surface area contributed by atoms with Crippen LogP contribution in [0, 0.1) is 0 Å². The van der Waals surface area contributed by atoms with E-state index in [1.807, 2.05) is 36.4 Å². The first kappa shape index (κ1) is 22.1. The molecule has 1 unspecified atom stereocenters. The number of aromatic nitrogens is 3. The third kappa shape index (κ3) is 5.13. The Labute approximate surface area is 197 Å². The SMILES string of the molecule is O=C(NCCc1nnc2n1CCN(Cc1ccc(-c3ccccc3Cl)o1)CC2)C1CCCO1. The van der Waals surface area contributed by atoms with Crippen LogP contribution >= 0.6 is 11.6 Å². The number of amides is 1. The number of fused-ring (bicyclic) bond motifs is 1. The van der Waals surface area contributed by atoms with E-state index in [-0.39, 0.29) is 12.0 Å². The number of benzene rings is 1. The lowest BCUT2D eigenvalue weighted by atomic mass is 10.2. The molecule has 1 fully saturated rings. The minimum Gasteiger partial charge on any atom is -0.460 e. The average molecular weight is 470 g/mol. The molecule has 1 aromatic carbocycles. The summed E-state index contributed by atoms with van der Waals surface area (Å²) in [5.41, 5.74) is 0.906. The van der Waals surface area contributed by atoms with Gasteiger partial charge in [0.2, 0.25) is 5.91 Å². The van der Waals surface area contributed by atoms with Crippen LogP contribution in [0.1, 0.15) is 30.3 Å². The summed E-state index contributed by atoms with van der Waals surface area (Å²) in [5, 5.41) is 12.4. The van der Waals surface area contributed by atoms with E-state index in [1.54, 1.807) is 0 Å². The summed E-state index contributed by atoms with van der Waals surface area (Å²) in [6, 6.07) is 11.7. The second-order valence-corrected chi connectivity index (χ2v) is 8.91. The quantitative estimate of drug-likeness (QED) is 0.572. The molecule has 1 N–H and O–H groups in total. The lowest BCUT2D eigenvalue weighted by Crippen LogP contribution is -2.35. The number of furan rings is 1. The highest BCUT2D eigenvalue weighted by Crippen LogP contribution is 2.29. The first-order valence-electron chi connectivity index (χ1n) is 11.5. The molecule has 0 spiro atoms. The highest BCUT2D eigenvalue weighted by Gasteiger charge is 2.24. The molecule has 2 aliphatic rings. The van der Waals surface area contributed by atoms with Gasteiger partial charge >= 0.3 is 0 Å². The molecule has 8 nitrogen and oxygen atoms in total. The number of halogens is 1. The molecule has 4 heterocycles. The molecule has 3 aromatic rings. The number of carbonyl (C=O) groups excluding carboxylic acids is 1. The van der Waals surface area contributed by atoms with E-state index in [1.165, 1.54) is 0 Å². The summed E-state index contributed by atoms with van der Waals surface area (Å²) < 4.78 is 13.7. The highest BCUT2D eigenvalue weighted by atomic mass is 35.5. The third-order valence-electron chi connectivity index (χ3n) is 6.25. The number of ether oxygens (including phenoxy) is 1. The minimum atomic E-state index is -0.297. The Morgan fingerprint density at radius 3 is 2.91 bits per heavy atom. The third-order valence-corrected chi connectivity index (χ3v) is 6.58. The van der Waals surface area contributed by atoms with Crippen molar-refractivity contribution in [1.29, 1.82) is 0 Å². The lowest BCUT2D eigenvalue weighted by molar-refractivity contribution is -0.130. The summed E-state index contributed by atoms with van der Waals surface area (Å²) in [7, 11) is 0. The molecule has 174 valence electrons. The van der Waals surface area contributed by atoms with Crippen LogP contribution in [0.5, 0.6) is 0 Å². The lowest BCUT2D eigenvalue weighted by Gasteiger charge is -2.18. The van der Waals surface area contributed by atoms with E-state index >= 15 is 0 Å². The number of carbonyl (C=O) groups is 1. The fourth-order valence-electron chi connectivity index (χ4n) is 4.45. The molecule has 9 heteroatoms. The predicted molar refractivity (Wildman–Crippen MR) is 124 cm³/mol. The van der Waals surface area contributed by atoms with Crippen molar-refractivity contribution in [3.8, 4) is 11.3 Å². The molecule has 33 heavy (non-hydrogen) atoms. The number of nitrogens with one attached hydrogen (secondary N) is 1. The Bertz CT molecular complexity index is 1110. The molecule has 1 atom stereocenters. The minimum absolute atomic E-state index is 0.0242. The van der Waals surface area contributed by atoms with Gasteiger partial charge < -0.3 is 19.0 Å². The average Bonchev–Trinajstić information content (AvgIpc) is 3.56. The van der Waals surface area contributed by atoms with Crippen LogP contribution in [-0.2, 0) is 35.5 Å². The molecule has 0 saturated carbocycles. The van der Waals surface area contributed by atoms with Crippen molar-refractivity contribution in [2.45, 2.75) is 44.9 Å². The maximum absolute atomic E-state index is 12.1. The molecular weight excluding hydrogens is 442 g/mol. The fourth-order valence-corrected chi connectivity index (χ4v) is 4.68. The van der Waals surface area contributed by atoms with Gasteiger partial charge in [-0.15, -0.1) is 10.2 Å². The molecule has 0 aliphatic carbocycles. The van der Waals surface area contributed by atoms with E-state index in [4.69, 9.17) is 20.8 Å². The van der Waals surface area contributed by atoms with E-state index in [2.05, 4.69) is 25.0 Å². The van der Waals surface area contributed by atoms with Crippen LogP contribution in [0.4, 0.5) is 0 Å². The largest absolute Gasteiger partial charge is 0.460 e.